The molecule has 1 aliphatic carbocycles. The van der Waals surface area contributed by atoms with Crippen LogP contribution in [-0.2, 0) is 4.79 Å². The van der Waals surface area contributed by atoms with Gasteiger partial charge in [0.1, 0.15) is 17.9 Å². The third-order valence-corrected chi connectivity index (χ3v) is 3.47. The predicted octanol–water partition coefficient (Wildman–Crippen LogP) is 1.89. The van der Waals surface area contributed by atoms with Crippen molar-refractivity contribution in [1.29, 1.82) is 0 Å². The number of hydrogen-bond donors (Lipinski definition) is 0. The highest BCUT2D eigenvalue weighted by molar-refractivity contribution is 5.61. The van der Waals surface area contributed by atoms with Gasteiger partial charge < -0.3 is 4.79 Å². The van der Waals surface area contributed by atoms with E-state index in [0.717, 1.165) is 41.4 Å². The number of aryl methyl sites for hydroxylation is 3. The highest BCUT2D eigenvalue weighted by Crippen LogP contribution is 2.45. The first-order valence-corrected chi connectivity index (χ1v) is 6.43. The molecule has 2 aromatic heterocycles. The molecule has 5 nitrogen and oxygen atoms in total. The maximum atomic E-state index is 10.8. The molecule has 1 unspecified atom stereocenters. The molecule has 0 aromatic carbocycles. The van der Waals surface area contributed by atoms with Gasteiger partial charge in [-0.2, -0.15) is 5.10 Å². The van der Waals surface area contributed by atoms with E-state index in [1.807, 2.05) is 37.6 Å². The molecule has 0 amide bonds. The average Bonchev–Trinajstić information content (AvgIpc) is 3.07. The highest BCUT2D eigenvalue weighted by atomic mass is 16.1. The Labute approximate surface area is 111 Å². The first-order valence-electron chi connectivity index (χ1n) is 6.43. The van der Waals surface area contributed by atoms with Crippen molar-refractivity contribution in [2.45, 2.75) is 33.1 Å². The Balaban J connectivity index is 2.03. The summed E-state index contributed by atoms with van der Waals surface area (Å²) in [6.45, 7) is 5.77. The molecule has 2 heterocycles. The van der Waals surface area contributed by atoms with Crippen molar-refractivity contribution in [3.8, 4) is 5.69 Å². The summed E-state index contributed by atoms with van der Waals surface area (Å²) in [5.41, 5.74) is 2.90. The third kappa shape index (κ3) is 2.16. The number of aromatic nitrogens is 4. The van der Waals surface area contributed by atoms with Gasteiger partial charge in [0.25, 0.3) is 0 Å². The molecule has 98 valence electrons. The number of nitrogens with zero attached hydrogens (tertiary/aromatic N) is 4. The Hall–Kier alpha value is -2.04. The van der Waals surface area contributed by atoms with Crippen molar-refractivity contribution in [3.63, 3.8) is 0 Å². The molecule has 0 radical (unpaired) electrons. The molecule has 2 aromatic rings. The number of carbonyl (C=O) groups is 1. The molecule has 2 atom stereocenters. The van der Waals surface area contributed by atoms with E-state index in [-0.39, 0.29) is 11.8 Å². The zero-order chi connectivity index (χ0) is 13.6. The minimum absolute atomic E-state index is 0.140. The van der Waals surface area contributed by atoms with Gasteiger partial charge in [-0.15, -0.1) is 0 Å². The standard InChI is InChI=1S/C14H16N4O/c1-8-4-12(18-10(3)16-9(2)17-18)6-14(15-8)13-5-11(13)7-19/h4,6-7,11,13H,5H2,1-3H3/t11-,13?/m1/s1. The van der Waals surface area contributed by atoms with Crippen molar-refractivity contribution < 1.29 is 4.79 Å². The van der Waals surface area contributed by atoms with Crippen LogP contribution < -0.4 is 0 Å². The fraction of sp³-hybridized carbons (Fsp3) is 0.429. The second-order valence-electron chi connectivity index (χ2n) is 5.15. The molecular weight excluding hydrogens is 240 g/mol. The molecule has 19 heavy (non-hydrogen) atoms. The summed E-state index contributed by atoms with van der Waals surface area (Å²) in [7, 11) is 0. The van der Waals surface area contributed by atoms with Gasteiger partial charge in [-0.3, -0.25) is 4.98 Å². The van der Waals surface area contributed by atoms with Crippen LogP contribution in [0.15, 0.2) is 12.1 Å². The number of carbonyl (C=O) groups excluding carboxylic acids is 1. The van der Waals surface area contributed by atoms with E-state index in [2.05, 4.69) is 15.1 Å². The SMILES string of the molecule is Cc1cc(-n2nc(C)nc2C)cc(C2C[C@@H]2C=O)n1. The average molecular weight is 256 g/mol. The van der Waals surface area contributed by atoms with Gasteiger partial charge in [0.15, 0.2) is 0 Å². The highest BCUT2D eigenvalue weighted by Gasteiger charge is 2.39. The fourth-order valence-electron chi connectivity index (χ4n) is 2.46. The maximum absolute atomic E-state index is 10.8. The smallest absolute Gasteiger partial charge is 0.148 e. The fourth-order valence-corrected chi connectivity index (χ4v) is 2.46. The molecule has 3 rings (SSSR count). The van der Waals surface area contributed by atoms with Gasteiger partial charge in [-0.05, 0) is 39.3 Å². The Kier molecular flexibility index (Phi) is 2.69. The van der Waals surface area contributed by atoms with Crippen molar-refractivity contribution in [3.05, 3.63) is 35.2 Å². The first kappa shape index (κ1) is 12.0. The van der Waals surface area contributed by atoms with Crippen LogP contribution in [0.3, 0.4) is 0 Å². The van der Waals surface area contributed by atoms with Gasteiger partial charge >= 0.3 is 0 Å². The van der Waals surface area contributed by atoms with Crippen molar-refractivity contribution in [1.82, 2.24) is 19.7 Å². The molecular formula is C14H16N4O. The Morgan fingerprint density at radius 2 is 2.05 bits per heavy atom. The van der Waals surface area contributed by atoms with Crippen LogP contribution >= 0.6 is 0 Å². The van der Waals surface area contributed by atoms with Gasteiger partial charge in [0.2, 0.25) is 0 Å². The molecule has 1 fully saturated rings. The van der Waals surface area contributed by atoms with E-state index in [1.54, 1.807) is 0 Å². The number of pyridine rings is 1. The van der Waals surface area contributed by atoms with Gasteiger partial charge in [0, 0.05) is 23.2 Å². The summed E-state index contributed by atoms with van der Waals surface area (Å²) in [4.78, 5) is 19.6. The van der Waals surface area contributed by atoms with Crippen LogP contribution in [0.4, 0.5) is 0 Å². The second kappa shape index (κ2) is 4.26. The Bertz CT molecular complexity index is 647. The van der Waals surface area contributed by atoms with Crippen LogP contribution in [0.1, 0.15) is 35.4 Å². The lowest BCUT2D eigenvalue weighted by atomic mass is 10.2. The van der Waals surface area contributed by atoms with Crippen LogP contribution in [0.2, 0.25) is 0 Å². The van der Waals surface area contributed by atoms with Crippen LogP contribution in [-0.4, -0.2) is 26.0 Å². The van der Waals surface area contributed by atoms with E-state index in [9.17, 15) is 4.79 Å². The maximum Gasteiger partial charge on any atom is 0.148 e. The van der Waals surface area contributed by atoms with Crippen LogP contribution in [0.5, 0.6) is 0 Å². The quantitative estimate of drug-likeness (QED) is 0.787. The minimum atomic E-state index is 0.140. The molecule has 0 spiro atoms. The van der Waals surface area contributed by atoms with Crippen LogP contribution in [0, 0.1) is 26.7 Å². The second-order valence-corrected chi connectivity index (χ2v) is 5.15. The molecule has 0 N–H and O–H groups in total. The predicted molar refractivity (Wildman–Crippen MR) is 70.3 cm³/mol. The monoisotopic (exact) mass is 256 g/mol. The summed E-state index contributed by atoms with van der Waals surface area (Å²) in [5.74, 6) is 2.03. The topological polar surface area (TPSA) is 60.7 Å². The van der Waals surface area contributed by atoms with E-state index < -0.39 is 0 Å². The van der Waals surface area contributed by atoms with Gasteiger partial charge in [-0.25, -0.2) is 9.67 Å². The lowest BCUT2D eigenvalue weighted by molar-refractivity contribution is -0.108. The summed E-state index contributed by atoms with van der Waals surface area (Å²) in [6.07, 6.45) is 1.94. The number of hydrogen-bond acceptors (Lipinski definition) is 4. The van der Waals surface area contributed by atoms with Crippen molar-refractivity contribution in [2.75, 3.05) is 0 Å². The molecule has 0 aliphatic heterocycles. The summed E-state index contributed by atoms with van der Waals surface area (Å²) in [5, 5.41) is 4.39. The van der Waals surface area contributed by atoms with Gasteiger partial charge in [0.05, 0.1) is 5.69 Å². The summed E-state index contributed by atoms with van der Waals surface area (Å²) < 4.78 is 1.83. The molecule has 1 aliphatic rings. The normalized spacial score (nSPS) is 21.4. The number of aldehydes is 1. The van der Waals surface area contributed by atoms with E-state index in [1.165, 1.54) is 0 Å². The van der Waals surface area contributed by atoms with E-state index >= 15 is 0 Å². The van der Waals surface area contributed by atoms with Crippen molar-refractivity contribution >= 4 is 6.29 Å². The molecule has 0 bridgehead atoms. The minimum Gasteiger partial charge on any atom is -0.303 e. The summed E-state index contributed by atoms with van der Waals surface area (Å²) in [6, 6.07) is 4.01. The largest absolute Gasteiger partial charge is 0.303 e. The Morgan fingerprint density at radius 3 is 2.63 bits per heavy atom. The first-order chi connectivity index (χ1) is 9.08. The van der Waals surface area contributed by atoms with Gasteiger partial charge in [-0.1, -0.05) is 0 Å². The Morgan fingerprint density at radius 1 is 1.26 bits per heavy atom. The number of rotatable bonds is 3. The zero-order valence-electron chi connectivity index (χ0n) is 11.3. The van der Waals surface area contributed by atoms with Crippen LogP contribution in [0.25, 0.3) is 5.69 Å². The van der Waals surface area contributed by atoms with E-state index in [0.29, 0.717) is 0 Å². The molecule has 1 saturated carbocycles. The van der Waals surface area contributed by atoms with Crippen molar-refractivity contribution in [2.24, 2.45) is 5.92 Å². The lowest BCUT2D eigenvalue weighted by Crippen LogP contribution is -2.03. The zero-order valence-corrected chi connectivity index (χ0v) is 11.3. The molecule has 5 heteroatoms. The lowest BCUT2D eigenvalue weighted by Gasteiger charge is -2.07. The van der Waals surface area contributed by atoms with E-state index in [4.69, 9.17) is 0 Å². The summed E-state index contributed by atoms with van der Waals surface area (Å²) >= 11 is 0. The molecule has 0 saturated heterocycles. The third-order valence-electron chi connectivity index (χ3n) is 3.47.